The Labute approximate surface area is 259 Å². The Kier molecular flexibility index (Phi) is 7.44. The first-order valence-corrected chi connectivity index (χ1v) is 17.3. The Balaban J connectivity index is 0.921. The zero-order valence-corrected chi connectivity index (χ0v) is 25.9. The largest absolute Gasteiger partial charge is 0.349 e. The van der Waals surface area contributed by atoms with Crippen LogP contribution in [0.25, 0.3) is 0 Å². The van der Waals surface area contributed by atoms with Crippen molar-refractivity contribution >= 4 is 52.6 Å². The summed E-state index contributed by atoms with van der Waals surface area (Å²) in [6.07, 6.45) is 9.39. The highest BCUT2D eigenvalue weighted by Crippen LogP contribution is 2.67. The lowest BCUT2D eigenvalue weighted by Crippen LogP contribution is -2.54. The number of nitrogens with one attached hydrogen (secondary N) is 2. The van der Waals surface area contributed by atoms with Crippen LogP contribution in [0.15, 0.2) is 28.5 Å². The summed E-state index contributed by atoms with van der Waals surface area (Å²) in [6, 6.07) is 4.12. The average molecular weight is 621 g/mol. The first kappa shape index (κ1) is 28.7. The minimum atomic E-state index is -0.991. The van der Waals surface area contributed by atoms with E-state index in [1.165, 1.54) is 61.6 Å². The lowest BCUT2D eigenvalue weighted by molar-refractivity contribution is -0.136. The third-order valence-electron chi connectivity index (χ3n) is 10.5. The Hall–Kier alpha value is -3.05. The van der Waals surface area contributed by atoms with Crippen LogP contribution in [-0.2, 0) is 26.7 Å². The normalized spacial score (nSPS) is 29.7. The number of nitrogens with zero attached hydrogens (tertiary/aromatic N) is 2. The molecule has 4 atom stereocenters. The third kappa shape index (κ3) is 5.22. The van der Waals surface area contributed by atoms with Crippen LogP contribution in [0, 0.1) is 29.1 Å². The first-order chi connectivity index (χ1) is 20.7. The molecule has 4 bridgehead atoms. The summed E-state index contributed by atoms with van der Waals surface area (Å²) in [7, 11) is 0. The van der Waals surface area contributed by atoms with Crippen LogP contribution in [0.3, 0.4) is 0 Å². The monoisotopic (exact) mass is 620 g/mol. The Morgan fingerprint density at radius 3 is 2.72 bits per heavy atom. The maximum absolute atomic E-state index is 13.3. The molecule has 5 amide bonds. The average Bonchev–Trinajstić information content (AvgIpc) is 3.68. The van der Waals surface area contributed by atoms with E-state index in [-0.39, 0.29) is 35.8 Å². The molecule has 4 saturated carbocycles. The van der Waals surface area contributed by atoms with Crippen LogP contribution in [0.5, 0.6) is 0 Å². The van der Waals surface area contributed by atoms with E-state index in [2.05, 4.69) is 10.6 Å². The molecule has 11 heteroatoms. The highest BCUT2D eigenvalue weighted by Gasteiger charge is 2.57. The summed E-state index contributed by atoms with van der Waals surface area (Å²) in [4.78, 5) is 69.6. The van der Waals surface area contributed by atoms with Gasteiger partial charge < -0.3 is 5.32 Å². The quantitative estimate of drug-likeness (QED) is 0.292. The van der Waals surface area contributed by atoms with Crippen LogP contribution in [0.2, 0.25) is 0 Å². The molecule has 1 saturated heterocycles. The second kappa shape index (κ2) is 11.1. The number of amides is 5. The minimum absolute atomic E-state index is 0.0114. The Morgan fingerprint density at radius 2 is 1.95 bits per heavy atom. The number of aromatic nitrogens is 1. The number of hydrogen-bond donors (Lipinski definition) is 2. The van der Waals surface area contributed by atoms with Crippen molar-refractivity contribution in [2.75, 3.05) is 0 Å². The highest BCUT2D eigenvalue weighted by molar-refractivity contribution is 7.98. The number of hydrogen-bond acceptors (Lipinski definition) is 8. The molecule has 3 heterocycles. The van der Waals surface area contributed by atoms with Gasteiger partial charge in [0.1, 0.15) is 11.0 Å². The molecule has 226 valence electrons. The maximum Gasteiger partial charge on any atom is 0.263 e. The van der Waals surface area contributed by atoms with Crippen LogP contribution in [0.4, 0.5) is 0 Å². The van der Waals surface area contributed by atoms with Crippen LogP contribution in [-0.4, -0.2) is 45.5 Å². The van der Waals surface area contributed by atoms with Crippen molar-refractivity contribution in [1.29, 1.82) is 0 Å². The summed E-state index contributed by atoms with van der Waals surface area (Å²) in [6.45, 7) is 2.44. The van der Waals surface area contributed by atoms with Crippen molar-refractivity contribution in [3.63, 3.8) is 0 Å². The fourth-order valence-corrected chi connectivity index (χ4v) is 10.4. The van der Waals surface area contributed by atoms with Crippen molar-refractivity contribution < 1.29 is 24.0 Å². The SMILES string of the molecule is CC(CCC12CC3CC(CC1C3)C2)C(=O)NCc1nc(CSc2cccc3c2C(=O)N(C2CCC(=O)NC2=O)C3=O)cs1. The summed E-state index contributed by atoms with van der Waals surface area (Å²) in [5.41, 5.74) is 1.90. The molecule has 6 aliphatic rings. The molecule has 43 heavy (non-hydrogen) atoms. The smallest absolute Gasteiger partial charge is 0.263 e. The van der Waals surface area contributed by atoms with Gasteiger partial charge in [-0.25, -0.2) is 4.98 Å². The van der Waals surface area contributed by atoms with E-state index in [1.54, 1.807) is 18.2 Å². The number of piperidine rings is 1. The van der Waals surface area contributed by atoms with Gasteiger partial charge in [0.05, 0.1) is 23.4 Å². The topological polar surface area (TPSA) is 126 Å². The van der Waals surface area contributed by atoms with Gasteiger partial charge >= 0.3 is 0 Å². The lowest BCUT2D eigenvalue weighted by Gasteiger charge is -2.33. The van der Waals surface area contributed by atoms with Gasteiger partial charge in [0.25, 0.3) is 11.8 Å². The van der Waals surface area contributed by atoms with Crippen molar-refractivity contribution in [3.05, 3.63) is 45.4 Å². The van der Waals surface area contributed by atoms with Gasteiger partial charge in [-0.1, -0.05) is 13.0 Å². The molecular formula is C32H36N4O5S2. The van der Waals surface area contributed by atoms with Gasteiger partial charge in [-0.05, 0) is 86.7 Å². The minimum Gasteiger partial charge on any atom is -0.349 e. The third-order valence-corrected chi connectivity index (χ3v) is 12.5. The number of thioether (sulfide) groups is 1. The predicted octanol–water partition coefficient (Wildman–Crippen LogP) is 4.70. The fraction of sp³-hybridized carbons (Fsp3) is 0.562. The van der Waals surface area contributed by atoms with E-state index in [4.69, 9.17) is 4.98 Å². The van der Waals surface area contributed by atoms with Gasteiger partial charge in [0, 0.05) is 28.4 Å². The first-order valence-electron chi connectivity index (χ1n) is 15.4. The van der Waals surface area contributed by atoms with E-state index >= 15 is 0 Å². The van der Waals surface area contributed by atoms with Crippen LogP contribution >= 0.6 is 23.1 Å². The molecule has 4 unspecified atom stereocenters. The molecule has 0 spiro atoms. The number of benzene rings is 1. The van der Waals surface area contributed by atoms with Crippen LogP contribution < -0.4 is 10.6 Å². The number of fused-ring (bicyclic) bond motifs is 1. The molecule has 2 N–H and O–H groups in total. The molecule has 4 aliphatic carbocycles. The molecule has 1 aromatic heterocycles. The summed E-state index contributed by atoms with van der Waals surface area (Å²) < 4.78 is 0. The molecule has 2 aromatic rings. The Bertz CT molecular complexity index is 1510. The standard InChI is InChI=1S/C32H36N4O5S2/c1-17(7-8-32-12-18-9-19(13-32)11-20(32)10-18)28(38)33-14-26-34-21(16-43-26)15-42-24-4-2-3-22-27(24)31(41)36(30(22)40)23-5-6-25(37)35-29(23)39/h2-4,16-20,23H,5-15H2,1H3,(H,33,38)(H,35,37,39). The van der Waals surface area contributed by atoms with Crippen molar-refractivity contribution in [2.45, 2.75) is 87.9 Å². The van der Waals surface area contributed by atoms with E-state index in [9.17, 15) is 24.0 Å². The van der Waals surface area contributed by atoms with Gasteiger partial charge in [-0.2, -0.15) is 0 Å². The highest BCUT2D eigenvalue weighted by atomic mass is 32.2. The molecule has 9 nitrogen and oxygen atoms in total. The Morgan fingerprint density at radius 1 is 1.16 bits per heavy atom. The fourth-order valence-electron chi connectivity index (χ4n) is 8.60. The predicted molar refractivity (Wildman–Crippen MR) is 161 cm³/mol. The maximum atomic E-state index is 13.3. The number of carbonyl (C=O) groups excluding carboxylic acids is 5. The number of rotatable bonds is 10. The van der Waals surface area contributed by atoms with E-state index in [0.29, 0.717) is 22.6 Å². The number of carbonyl (C=O) groups is 5. The van der Waals surface area contributed by atoms with E-state index in [0.717, 1.165) is 39.8 Å². The van der Waals surface area contributed by atoms with Crippen LogP contribution in [0.1, 0.15) is 96.1 Å². The van der Waals surface area contributed by atoms with E-state index in [1.807, 2.05) is 12.3 Å². The zero-order chi connectivity index (χ0) is 29.9. The van der Waals surface area contributed by atoms with Crippen molar-refractivity contribution in [3.8, 4) is 0 Å². The zero-order valence-electron chi connectivity index (χ0n) is 24.2. The second-order valence-electron chi connectivity index (χ2n) is 13.2. The molecule has 0 radical (unpaired) electrons. The van der Waals surface area contributed by atoms with Gasteiger partial charge in [-0.3, -0.25) is 34.2 Å². The molecule has 5 fully saturated rings. The molecule has 8 rings (SSSR count). The second-order valence-corrected chi connectivity index (χ2v) is 15.2. The molecule has 1 aromatic carbocycles. The lowest BCUT2D eigenvalue weighted by atomic mass is 9.72. The van der Waals surface area contributed by atoms with E-state index < -0.39 is 29.7 Å². The van der Waals surface area contributed by atoms with Gasteiger partial charge in [0.15, 0.2) is 0 Å². The molecule has 2 aliphatic heterocycles. The van der Waals surface area contributed by atoms with Gasteiger partial charge in [0.2, 0.25) is 17.7 Å². The summed E-state index contributed by atoms with van der Waals surface area (Å²) in [5, 5.41) is 8.09. The van der Waals surface area contributed by atoms with Crippen molar-refractivity contribution in [1.82, 2.24) is 20.5 Å². The van der Waals surface area contributed by atoms with Gasteiger partial charge in [-0.15, -0.1) is 23.1 Å². The molecular weight excluding hydrogens is 585 g/mol. The summed E-state index contributed by atoms with van der Waals surface area (Å²) >= 11 is 2.90. The summed E-state index contributed by atoms with van der Waals surface area (Å²) in [5.74, 6) is 1.30. The number of imide groups is 2. The van der Waals surface area contributed by atoms with Crippen molar-refractivity contribution in [2.24, 2.45) is 29.1 Å². The number of thiazole rings is 1.